The van der Waals surface area contributed by atoms with Crippen LogP contribution in [0.1, 0.15) is 48.5 Å². The first kappa shape index (κ1) is 35.3. The van der Waals surface area contributed by atoms with Gasteiger partial charge in [0.05, 0.1) is 0 Å². The van der Waals surface area contributed by atoms with Gasteiger partial charge in [0.1, 0.15) is 0 Å². The molecule has 0 aromatic heterocycles. The van der Waals surface area contributed by atoms with Crippen LogP contribution in [0.4, 0.5) is 23.7 Å². The number of carbonyl (C=O) groups excluding carboxylic acids is 1. The molecule has 0 spiro atoms. The molecule has 1 aromatic rings. The molecule has 0 fully saturated rings. The van der Waals surface area contributed by atoms with E-state index >= 15 is 0 Å². The van der Waals surface area contributed by atoms with Crippen molar-refractivity contribution >= 4 is 51.9 Å². The van der Waals surface area contributed by atoms with Gasteiger partial charge in [-0.3, -0.25) is 0 Å². The quantitative estimate of drug-likeness (QED) is 0.105. The van der Waals surface area contributed by atoms with Gasteiger partial charge in [-0.15, -0.1) is 0 Å². The van der Waals surface area contributed by atoms with Crippen LogP contribution in [0.2, 0.25) is 10.0 Å². The number of ether oxygens (including phenoxy) is 2. The number of anilines is 1. The second kappa shape index (κ2) is 12.8. The molecule has 8 nitrogen and oxygen atoms in total. The molecule has 1 amide bonds. The van der Waals surface area contributed by atoms with E-state index in [0.717, 1.165) is 12.0 Å². The summed E-state index contributed by atoms with van der Waals surface area (Å²) < 4.78 is 82.2. The fourth-order valence-corrected chi connectivity index (χ4v) is 15.2. The number of nitriles is 1. The van der Waals surface area contributed by atoms with Crippen molar-refractivity contribution in [1.82, 2.24) is 0 Å². The molecule has 0 heterocycles. The van der Waals surface area contributed by atoms with Gasteiger partial charge in [0, 0.05) is 0 Å². The second-order valence-electron chi connectivity index (χ2n) is 9.59. The van der Waals surface area contributed by atoms with Crippen molar-refractivity contribution in [2.45, 2.75) is 71.0 Å². The van der Waals surface area contributed by atoms with E-state index in [1.54, 1.807) is 48.5 Å². The van der Waals surface area contributed by atoms with Crippen molar-refractivity contribution in [2.75, 3.05) is 24.8 Å². The number of benzene rings is 1. The standard InChI is InChI=1S/C24H34Cl2F3N2O6PS/c1-9-36-23(32)31(19-10-11-20(25)21(26)12-19)22(35-8)18(13-30)14-38(15(2)3,16(4)5,17(6)7)37-39(33,34)24(27,28)29/h10-12,15-17H,9,14H2,1-8H3/b22-18-. The summed E-state index contributed by atoms with van der Waals surface area (Å²) in [5.41, 5.74) is -8.24. The Kier molecular flexibility index (Phi) is 11.6. The van der Waals surface area contributed by atoms with Crippen LogP contribution >= 0.6 is 30.0 Å². The summed E-state index contributed by atoms with van der Waals surface area (Å²) in [4.78, 5) is 14.0. The van der Waals surface area contributed by atoms with Gasteiger partial charge in [-0.1, -0.05) is 0 Å². The third kappa shape index (κ3) is 6.59. The summed E-state index contributed by atoms with van der Waals surface area (Å²) >= 11 is 12.2. The SMILES string of the molecule is CCOC(=O)N(/C(OC)=C(\C#N)CP(OS(=O)(=O)C(F)(F)F)(C(C)C)(C(C)C)C(C)C)c1ccc(Cl)c(Cl)c1. The zero-order valence-electron chi connectivity index (χ0n) is 23.0. The summed E-state index contributed by atoms with van der Waals surface area (Å²) in [6, 6.07) is 6.02. The van der Waals surface area contributed by atoms with E-state index in [4.69, 9.17) is 36.6 Å². The number of allylic oxidation sites excluding steroid dienone is 1. The van der Waals surface area contributed by atoms with Crippen molar-refractivity contribution in [3.8, 4) is 6.07 Å². The minimum absolute atomic E-state index is 0.0585. The Bertz CT molecular complexity index is 1220. The zero-order chi connectivity index (χ0) is 30.6. The molecule has 0 N–H and O–H groups in total. The number of halogens is 5. The summed E-state index contributed by atoms with van der Waals surface area (Å²) in [7, 11) is -4.94. The minimum atomic E-state index is -6.10. The van der Waals surface area contributed by atoms with Gasteiger partial charge in [0.2, 0.25) is 0 Å². The zero-order valence-corrected chi connectivity index (χ0v) is 26.2. The summed E-state index contributed by atoms with van der Waals surface area (Å²) in [6.07, 6.45) is -1.53. The Morgan fingerprint density at radius 3 is 1.95 bits per heavy atom. The molecule has 0 radical (unpaired) electrons. The molecule has 0 aliphatic heterocycles. The fourth-order valence-electron chi connectivity index (χ4n) is 4.86. The van der Waals surface area contributed by atoms with E-state index in [9.17, 15) is 31.6 Å². The van der Waals surface area contributed by atoms with Crippen LogP contribution in [0.25, 0.3) is 0 Å². The Hall–Kier alpha value is -1.77. The van der Waals surface area contributed by atoms with E-state index < -0.39 is 57.6 Å². The van der Waals surface area contributed by atoms with E-state index in [-0.39, 0.29) is 27.9 Å². The van der Waals surface area contributed by atoms with Crippen LogP contribution < -0.4 is 4.90 Å². The molecular weight excluding hydrogens is 603 g/mol. The van der Waals surface area contributed by atoms with Crippen molar-refractivity contribution in [3.63, 3.8) is 0 Å². The molecule has 0 saturated heterocycles. The van der Waals surface area contributed by atoms with Crippen molar-refractivity contribution < 1.29 is 39.8 Å². The Labute approximate surface area is 238 Å². The number of carbonyl (C=O) groups is 1. The van der Waals surface area contributed by atoms with Gasteiger partial charge in [0.15, 0.2) is 0 Å². The van der Waals surface area contributed by atoms with Crippen LogP contribution in [0.5, 0.6) is 0 Å². The van der Waals surface area contributed by atoms with Crippen molar-refractivity contribution in [1.29, 1.82) is 5.26 Å². The normalized spacial score (nSPS) is 14.5. The molecule has 0 saturated carbocycles. The van der Waals surface area contributed by atoms with Crippen molar-refractivity contribution in [2.24, 2.45) is 0 Å². The number of hydrogen-bond donors (Lipinski definition) is 0. The summed E-state index contributed by atoms with van der Waals surface area (Å²) in [5.74, 6) is -0.390. The first-order valence-corrected chi connectivity index (χ1v) is 16.6. The maximum absolute atomic E-state index is 13.7. The Morgan fingerprint density at radius 1 is 1.08 bits per heavy atom. The first-order chi connectivity index (χ1) is 17.8. The molecular formula is C24H34Cl2F3N2O6PS. The van der Waals surface area contributed by atoms with Gasteiger partial charge >= 0.3 is 239 Å². The maximum atomic E-state index is 13.7. The number of amides is 1. The van der Waals surface area contributed by atoms with E-state index in [0.29, 0.717) is 0 Å². The van der Waals surface area contributed by atoms with Crippen LogP contribution in [0.3, 0.4) is 0 Å². The van der Waals surface area contributed by atoms with Crippen LogP contribution in [0.15, 0.2) is 29.7 Å². The Balaban J connectivity index is 4.20. The van der Waals surface area contributed by atoms with Crippen LogP contribution in [0, 0.1) is 11.3 Å². The number of nitrogens with zero attached hydrogens (tertiary/aromatic N) is 2. The van der Waals surface area contributed by atoms with E-state index in [1.165, 1.54) is 18.2 Å². The average Bonchev–Trinajstić information content (AvgIpc) is 2.81. The van der Waals surface area contributed by atoms with Crippen LogP contribution in [-0.4, -0.2) is 56.9 Å². The molecule has 0 bridgehead atoms. The molecule has 0 aliphatic rings. The van der Waals surface area contributed by atoms with Gasteiger partial charge < -0.3 is 0 Å². The third-order valence-electron chi connectivity index (χ3n) is 6.98. The van der Waals surface area contributed by atoms with Gasteiger partial charge in [-0.2, -0.15) is 0 Å². The predicted octanol–water partition coefficient (Wildman–Crippen LogP) is 7.90. The third-order valence-corrected chi connectivity index (χ3v) is 18.5. The van der Waals surface area contributed by atoms with Gasteiger partial charge in [-0.05, 0) is 0 Å². The molecule has 1 rings (SSSR count). The molecule has 0 atom stereocenters. The van der Waals surface area contributed by atoms with Crippen LogP contribution in [-0.2, 0) is 23.6 Å². The number of rotatable bonds is 11. The molecule has 0 aliphatic carbocycles. The number of methoxy groups -OCH3 is 1. The van der Waals surface area contributed by atoms with E-state index in [1.807, 2.05) is 6.07 Å². The fraction of sp³-hybridized carbons (Fsp3) is 0.583. The van der Waals surface area contributed by atoms with Gasteiger partial charge in [-0.25, -0.2) is 0 Å². The monoisotopic (exact) mass is 636 g/mol. The molecule has 39 heavy (non-hydrogen) atoms. The average molecular weight is 637 g/mol. The van der Waals surface area contributed by atoms with Crippen molar-refractivity contribution in [3.05, 3.63) is 39.7 Å². The first-order valence-electron chi connectivity index (χ1n) is 11.9. The number of alkyl halides is 3. The molecule has 15 heteroatoms. The summed E-state index contributed by atoms with van der Waals surface area (Å²) in [6.45, 7) is 6.24. The van der Waals surface area contributed by atoms with Gasteiger partial charge in [0.25, 0.3) is 0 Å². The summed E-state index contributed by atoms with van der Waals surface area (Å²) in [5, 5.41) is 10.5. The molecule has 1 aromatic carbocycles. The Morgan fingerprint density at radius 2 is 1.59 bits per heavy atom. The topological polar surface area (TPSA) is 106 Å². The molecule has 222 valence electrons. The molecule has 0 unspecified atom stereocenters. The van der Waals surface area contributed by atoms with E-state index in [2.05, 4.69) is 0 Å². The number of hydrogen-bond acceptors (Lipinski definition) is 7. The second-order valence-corrected chi connectivity index (χ2v) is 18.7. The predicted molar refractivity (Wildman–Crippen MR) is 149 cm³/mol.